The van der Waals surface area contributed by atoms with Crippen LogP contribution in [0.4, 0.5) is 0 Å². The summed E-state index contributed by atoms with van der Waals surface area (Å²) in [6.45, 7) is 0.217. The number of rotatable bonds is 5. The average molecular weight is 264 g/mol. The Morgan fingerprint density at radius 1 is 1.44 bits per heavy atom. The minimum atomic E-state index is -0.958. The zero-order valence-electron chi connectivity index (χ0n) is 9.79. The van der Waals surface area contributed by atoms with Crippen molar-refractivity contribution in [2.24, 2.45) is 0 Å². The molecule has 0 spiro atoms. The summed E-state index contributed by atoms with van der Waals surface area (Å²) in [7, 11) is 1.52. The third-order valence-electron chi connectivity index (χ3n) is 2.32. The molecule has 0 bridgehead atoms. The molecule has 5 nitrogen and oxygen atoms in total. The Bertz CT molecular complexity index is 540. The Morgan fingerprint density at radius 3 is 2.78 bits per heavy atom. The molecule has 0 unspecified atom stereocenters. The molecule has 2 rings (SSSR count). The maximum absolute atomic E-state index is 11.1. The number of carboxylic acid groups (broad SMARTS) is 1. The van der Waals surface area contributed by atoms with Crippen LogP contribution in [0.5, 0.6) is 0 Å². The van der Waals surface area contributed by atoms with E-state index in [0.29, 0.717) is 12.1 Å². The van der Waals surface area contributed by atoms with Crippen LogP contribution in [0.2, 0.25) is 0 Å². The van der Waals surface area contributed by atoms with Crippen molar-refractivity contribution in [3.05, 3.63) is 45.7 Å². The molecular weight excluding hydrogens is 252 g/mol. The topological polar surface area (TPSA) is 72.3 Å². The van der Waals surface area contributed by atoms with Gasteiger partial charge in [0.05, 0.1) is 17.3 Å². The fourth-order valence-corrected chi connectivity index (χ4v) is 2.49. The molecule has 0 amide bonds. The summed E-state index contributed by atoms with van der Waals surface area (Å²) in [6, 6.07) is 3.77. The van der Waals surface area contributed by atoms with Crippen LogP contribution in [-0.2, 0) is 17.8 Å². The second kappa shape index (κ2) is 5.70. The number of methoxy groups -OCH3 is 1. The van der Waals surface area contributed by atoms with Gasteiger partial charge in [0.25, 0.3) is 0 Å². The molecule has 2 aromatic heterocycles. The molecule has 6 heteroatoms. The van der Waals surface area contributed by atoms with Crippen molar-refractivity contribution >= 4 is 17.3 Å². The van der Waals surface area contributed by atoms with Crippen molar-refractivity contribution in [2.45, 2.75) is 13.0 Å². The highest BCUT2D eigenvalue weighted by atomic mass is 32.1. The van der Waals surface area contributed by atoms with Crippen molar-refractivity contribution in [3.8, 4) is 0 Å². The highest BCUT2D eigenvalue weighted by molar-refractivity contribution is 7.13. The van der Waals surface area contributed by atoms with Gasteiger partial charge in [0.15, 0.2) is 0 Å². The molecule has 0 radical (unpaired) electrons. The lowest BCUT2D eigenvalue weighted by Crippen LogP contribution is -1.99. The minimum absolute atomic E-state index is 0.217. The van der Waals surface area contributed by atoms with Gasteiger partial charge in [-0.2, -0.15) is 0 Å². The fraction of sp³-hybridized carbons (Fsp3) is 0.250. The second-order valence-corrected chi connectivity index (χ2v) is 4.74. The van der Waals surface area contributed by atoms with Crippen LogP contribution in [0.15, 0.2) is 24.5 Å². The van der Waals surface area contributed by atoms with Gasteiger partial charge in [-0.1, -0.05) is 0 Å². The zero-order chi connectivity index (χ0) is 13.0. The number of pyridine rings is 1. The predicted molar refractivity (Wildman–Crippen MR) is 66.8 cm³/mol. The summed E-state index contributed by atoms with van der Waals surface area (Å²) >= 11 is 1.19. The number of carbonyl (C=O) groups is 1. The van der Waals surface area contributed by atoms with Gasteiger partial charge in [-0.15, -0.1) is 11.3 Å². The molecule has 0 saturated heterocycles. The molecule has 0 aliphatic carbocycles. The van der Waals surface area contributed by atoms with Crippen LogP contribution in [0.25, 0.3) is 0 Å². The lowest BCUT2D eigenvalue weighted by atomic mass is 10.2. The van der Waals surface area contributed by atoms with Crippen LogP contribution in [-0.4, -0.2) is 28.2 Å². The molecule has 94 valence electrons. The van der Waals surface area contributed by atoms with Gasteiger partial charge in [0, 0.05) is 25.9 Å². The molecule has 0 atom stereocenters. The Labute approximate surface area is 108 Å². The molecule has 0 aliphatic heterocycles. The maximum Gasteiger partial charge on any atom is 0.347 e. The molecular formula is C12H12N2O3S. The average Bonchev–Trinajstić information content (AvgIpc) is 2.74. The smallest absolute Gasteiger partial charge is 0.347 e. The Morgan fingerprint density at radius 2 is 2.17 bits per heavy atom. The number of carboxylic acids is 1. The van der Waals surface area contributed by atoms with E-state index < -0.39 is 5.97 Å². The van der Waals surface area contributed by atoms with Gasteiger partial charge in [-0.3, -0.25) is 4.98 Å². The first-order valence-corrected chi connectivity index (χ1v) is 6.12. The molecule has 0 aliphatic rings. The van der Waals surface area contributed by atoms with E-state index in [1.54, 1.807) is 12.4 Å². The second-order valence-electron chi connectivity index (χ2n) is 3.65. The summed E-state index contributed by atoms with van der Waals surface area (Å²) in [5.41, 5.74) is 1.54. The van der Waals surface area contributed by atoms with Crippen molar-refractivity contribution in [3.63, 3.8) is 0 Å². The van der Waals surface area contributed by atoms with E-state index in [1.165, 1.54) is 18.4 Å². The number of thiazole rings is 1. The van der Waals surface area contributed by atoms with Gasteiger partial charge >= 0.3 is 5.97 Å². The lowest BCUT2D eigenvalue weighted by Gasteiger charge is -1.96. The molecule has 0 aromatic carbocycles. The molecule has 18 heavy (non-hydrogen) atoms. The van der Waals surface area contributed by atoms with Gasteiger partial charge in [-0.25, -0.2) is 9.78 Å². The highest BCUT2D eigenvalue weighted by Gasteiger charge is 2.17. The number of aromatic carboxylic acids is 1. The molecule has 0 saturated carbocycles. The summed E-state index contributed by atoms with van der Waals surface area (Å²) < 4.78 is 4.95. The first kappa shape index (κ1) is 12.7. The number of ether oxygens (including phenoxy) is 1. The summed E-state index contributed by atoms with van der Waals surface area (Å²) in [4.78, 5) is 19.6. The largest absolute Gasteiger partial charge is 0.477 e. The highest BCUT2D eigenvalue weighted by Crippen LogP contribution is 2.21. The standard InChI is InChI=1S/C12H12N2O3S/c1-17-7-9-11(12(15)16)18-10(14-9)6-8-2-4-13-5-3-8/h2-5H,6-7H2,1H3,(H,15,16). The van der Waals surface area contributed by atoms with Gasteiger partial charge < -0.3 is 9.84 Å². The van der Waals surface area contributed by atoms with E-state index in [-0.39, 0.29) is 11.5 Å². The van der Waals surface area contributed by atoms with Crippen molar-refractivity contribution < 1.29 is 14.6 Å². The molecule has 0 fully saturated rings. The fourth-order valence-electron chi connectivity index (χ4n) is 1.55. The van der Waals surface area contributed by atoms with E-state index in [4.69, 9.17) is 9.84 Å². The van der Waals surface area contributed by atoms with Crippen molar-refractivity contribution in [1.82, 2.24) is 9.97 Å². The van der Waals surface area contributed by atoms with Crippen LogP contribution in [0, 0.1) is 0 Å². The Kier molecular flexibility index (Phi) is 4.01. The van der Waals surface area contributed by atoms with E-state index in [1.807, 2.05) is 12.1 Å². The lowest BCUT2D eigenvalue weighted by molar-refractivity contribution is 0.0697. The normalized spacial score (nSPS) is 10.5. The Balaban J connectivity index is 2.24. The van der Waals surface area contributed by atoms with E-state index in [0.717, 1.165) is 10.6 Å². The van der Waals surface area contributed by atoms with Crippen molar-refractivity contribution in [2.75, 3.05) is 7.11 Å². The molecule has 2 aromatic rings. The van der Waals surface area contributed by atoms with E-state index >= 15 is 0 Å². The van der Waals surface area contributed by atoms with Crippen LogP contribution in [0.3, 0.4) is 0 Å². The first-order chi connectivity index (χ1) is 8.70. The number of aromatic nitrogens is 2. The number of hydrogen-bond donors (Lipinski definition) is 1. The van der Waals surface area contributed by atoms with Gasteiger partial charge in [-0.05, 0) is 17.7 Å². The van der Waals surface area contributed by atoms with Crippen LogP contribution < -0.4 is 0 Å². The third kappa shape index (κ3) is 2.91. The number of nitrogens with zero attached hydrogens (tertiary/aromatic N) is 2. The van der Waals surface area contributed by atoms with Gasteiger partial charge in [0.1, 0.15) is 4.88 Å². The minimum Gasteiger partial charge on any atom is -0.477 e. The summed E-state index contributed by atoms with van der Waals surface area (Å²) in [6.07, 6.45) is 4.02. The predicted octanol–water partition coefficient (Wildman–Crippen LogP) is 1.97. The van der Waals surface area contributed by atoms with E-state index in [9.17, 15) is 4.79 Å². The summed E-state index contributed by atoms with van der Waals surface area (Å²) in [5.74, 6) is -0.958. The van der Waals surface area contributed by atoms with Crippen LogP contribution >= 0.6 is 11.3 Å². The van der Waals surface area contributed by atoms with Crippen molar-refractivity contribution in [1.29, 1.82) is 0 Å². The van der Waals surface area contributed by atoms with Gasteiger partial charge in [0.2, 0.25) is 0 Å². The van der Waals surface area contributed by atoms with Crippen LogP contribution in [0.1, 0.15) is 25.9 Å². The monoisotopic (exact) mass is 264 g/mol. The SMILES string of the molecule is COCc1nc(Cc2ccncc2)sc1C(=O)O. The first-order valence-electron chi connectivity index (χ1n) is 5.30. The maximum atomic E-state index is 11.1. The number of hydrogen-bond acceptors (Lipinski definition) is 5. The Hall–Kier alpha value is -1.79. The molecule has 1 N–H and O–H groups in total. The zero-order valence-corrected chi connectivity index (χ0v) is 10.6. The quantitative estimate of drug-likeness (QED) is 0.893. The van der Waals surface area contributed by atoms with E-state index in [2.05, 4.69) is 9.97 Å². The molecule has 2 heterocycles. The third-order valence-corrected chi connectivity index (χ3v) is 3.41. The summed E-state index contributed by atoms with van der Waals surface area (Å²) in [5, 5.41) is 9.85.